The molecule has 0 aromatic heterocycles. The van der Waals surface area contributed by atoms with Crippen molar-refractivity contribution < 1.29 is 9.84 Å². The van der Waals surface area contributed by atoms with Crippen LogP contribution in [0.15, 0.2) is 0 Å². The SMILES string of the molecule is B[C@@H]1OC(CCP(=C)(C)C)[C@@H](O)[C@H]1C. The molecule has 0 aliphatic carbocycles. The molecule has 2 nitrogen and oxygen atoms in total. The van der Waals surface area contributed by atoms with Crippen LogP contribution in [0.4, 0.5) is 0 Å². The number of hydrogen-bond acceptors (Lipinski definition) is 2. The van der Waals surface area contributed by atoms with Gasteiger partial charge in [0.2, 0.25) is 0 Å². The van der Waals surface area contributed by atoms with Crippen LogP contribution in [0.25, 0.3) is 0 Å². The van der Waals surface area contributed by atoms with Crippen LogP contribution in [0.3, 0.4) is 0 Å². The highest BCUT2D eigenvalue weighted by Crippen LogP contribution is 2.38. The van der Waals surface area contributed by atoms with Crippen molar-refractivity contribution in [3.05, 3.63) is 0 Å². The fourth-order valence-corrected chi connectivity index (χ4v) is 2.77. The lowest BCUT2D eigenvalue weighted by Gasteiger charge is -2.19. The number of ether oxygens (including phenoxy) is 1. The largest absolute Gasteiger partial charge is 0.390 e. The third kappa shape index (κ3) is 3.15. The predicted octanol–water partition coefficient (Wildman–Crippen LogP) is 0.441. The van der Waals surface area contributed by atoms with Gasteiger partial charge in [-0.05, 0) is 25.9 Å². The summed E-state index contributed by atoms with van der Waals surface area (Å²) in [6.45, 7) is 5.53. The molecule has 1 unspecified atom stereocenters. The first kappa shape index (κ1) is 12.4. The molecule has 4 heteroatoms. The third-order valence-corrected chi connectivity index (χ3v) is 4.54. The van der Waals surface area contributed by atoms with Gasteiger partial charge in [-0.3, -0.25) is 0 Å². The zero-order valence-electron chi connectivity index (χ0n) is 9.73. The van der Waals surface area contributed by atoms with E-state index in [0.29, 0.717) is 0 Å². The fourth-order valence-electron chi connectivity index (χ4n) is 1.81. The number of rotatable bonds is 3. The molecule has 0 radical (unpaired) electrons. The lowest BCUT2D eigenvalue weighted by atomic mass is 9.86. The molecule has 14 heavy (non-hydrogen) atoms. The summed E-state index contributed by atoms with van der Waals surface area (Å²) in [4.78, 5) is 0. The molecule has 0 saturated carbocycles. The molecule has 1 saturated heterocycles. The Morgan fingerprint density at radius 2 is 2.07 bits per heavy atom. The van der Waals surface area contributed by atoms with Gasteiger partial charge in [-0.25, -0.2) is 0 Å². The van der Waals surface area contributed by atoms with E-state index in [4.69, 9.17) is 4.74 Å². The monoisotopic (exact) mass is 216 g/mol. The minimum Gasteiger partial charge on any atom is -0.390 e. The average molecular weight is 216 g/mol. The number of aliphatic hydroxyl groups excluding tert-OH is 1. The van der Waals surface area contributed by atoms with E-state index < -0.39 is 6.89 Å². The molecule has 1 aliphatic rings. The van der Waals surface area contributed by atoms with Gasteiger partial charge in [-0.15, -0.1) is 13.2 Å². The summed E-state index contributed by atoms with van der Waals surface area (Å²) in [5.41, 5.74) is 0. The van der Waals surface area contributed by atoms with Crippen LogP contribution in [-0.4, -0.2) is 57.0 Å². The van der Waals surface area contributed by atoms with Gasteiger partial charge in [0.1, 0.15) is 7.85 Å². The zero-order chi connectivity index (χ0) is 10.9. The normalized spacial score (nSPS) is 38.9. The third-order valence-electron chi connectivity index (χ3n) is 3.07. The Labute approximate surface area is 88.4 Å². The molecule has 1 fully saturated rings. The molecule has 82 valence electrons. The van der Waals surface area contributed by atoms with Crippen LogP contribution in [0, 0.1) is 5.92 Å². The molecule has 0 aromatic carbocycles. The Hall–Kier alpha value is 0.285. The summed E-state index contributed by atoms with van der Waals surface area (Å²) in [6.07, 6.45) is 5.99. The van der Waals surface area contributed by atoms with Crippen molar-refractivity contribution in [2.75, 3.05) is 19.5 Å². The predicted molar refractivity (Wildman–Crippen MR) is 67.7 cm³/mol. The lowest BCUT2D eigenvalue weighted by Crippen LogP contribution is -2.26. The van der Waals surface area contributed by atoms with Crippen LogP contribution in [-0.2, 0) is 4.74 Å². The van der Waals surface area contributed by atoms with E-state index in [1.807, 2.05) is 7.85 Å². The molecule has 1 N–H and O–H groups in total. The van der Waals surface area contributed by atoms with Crippen LogP contribution < -0.4 is 0 Å². The molecule has 4 atom stereocenters. The summed E-state index contributed by atoms with van der Waals surface area (Å²) >= 11 is 0. The first-order valence-electron chi connectivity index (χ1n) is 5.32. The van der Waals surface area contributed by atoms with Crippen LogP contribution in [0.1, 0.15) is 13.3 Å². The highest BCUT2D eigenvalue weighted by molar-refractivity contribution is 7.72. The van der Waals surface area contributed by atoms with Crippen molar-refractivity contribution in [3.63, 3.8) is 0 Å². The van der Waals surface area contributed by atoms with E-state index in [-0.39, 0.29) is 24.1 Å². The van der Waals surface area contributed by atoms with E-state index in [0.717, 1.165) is 12.6 Å². The summed E-state index contributed by atoms with van der Waals surface area (Å²) in [6, 6.07) is 0.196. The highest BCUT2D eigenvalue weighted by atomic mass is 31.2. The van der Waals surface area contributed by atoms with E-state index in [1.54, 1.807) is 0 Å². The fraction of sp³-hybridized carbons (Fsp3) is 0.900. The van der Waals surface area contributed by atoms with Gasteiger partial charge in [-0.1, -0.05) is 6.92 Å². The topological polar surface area (TPSA) is 29.5 Å². The molecule has 1 rings (SSSR count). The zero-order valence-corrected chi connectivity index (χ0v) is 10.6. The van der Waals surface area contributed by atoms with E-state index in [9.17, 15) is 5.11 Å². The molecule has 1 aliphatic heterocycles. The molecule has 0 amide bonds. The molecule has 1 heterocycles. The van der Waals surface area contributed by atoms with Gasteiger partial charge in [0.25, 0.3) is 0 Å². The van der Waals surface area contributed by atoms with Crippen molar-refractivity contribution in [1.82, 2.24) is 0 Å². The summed E-state index contributed by atoms with van der Waals surface area (Å²) in [5, 5.41) is 9.89. The second-order valence-electron chi connectivity index (χ2n) is 5.18. The summed E-state index contributed by atoms with van der Waals surface area (Å²) < 4.78 is 5.72. The summed E-state index contributed by atoms with van der Waals surface area (Å²) in [7, 11) is 2.04. The second kappa shape index (κ2) is 4.43. The van der Waals surface area contributed by atoms with Crippen molar-refractivity contribution >= 4 is 21.0 Å². The molecular weight excluding hydrogens is 194 g/mol. The van der Waals surface area contributed by atoms with E-state index in [1.165, 1.54) is 0 Å². The number of hydrogen-bond donors (Lipinski definition) is 1. The van der Waals surface area contributed by atoms with Crippen molar-refractivity contribution in [1.29, 1.82) is 0 Å². The van der Waals surface area contributed by atoms with Crippen molar-refractivity contribution in [2.45, 2.75) is 31.6 Å². The molecule has 0 aromatic rings. The molecule has 0 bridgehead atoms. The van der Waals surface area contributed by atoms with Crippen LogP contribution in [0.2, 0.25) is 0 Å². The Balaban J connectivity index is 2.44. The maximum atomic E-state index is 9.89. The number of aliphatic hydroxyl groups is 1. The maximum absolute atomic E-state index is 9.89. The van der Waals surface area contributed by atoms with E-state index >= 15 is 0 Å². The molecule has 0 spiro atoms. The van der Waals surface area contributed by atoms with Crippen molar-refractivity contribution in [2.24, 2.45) is 5.92 Å². The van der Waals surface area contributed by atoms with Crippen LogP contribution >= 0.6 is 6.89 Å². The summed E-state index contributed by atoms with van der Waals surface area (Å²) in [5.74, 6) is 0.270. The Morgan fingerprint density at radius 3 is 2.43 bits per heavy atom. The van der Waals surface area contributed by atoms with Gasteiger partial charge in [0.15, 0.2) is 0 Å². The Bertz CT molecular complexity index is 238. The van der Waals surface area contributed by atoms with E-state index in [2.05, 4.69) is 26.6 Å². The minimum atomic E-state index is -0.975. The smallest absolute Gasteiger partial charge is 0.139 e. The van der Waals surface area contributed by atoms with Gasteiger partial charge >= 0.3 is 0 Å². The van der Waals surface area contributed by atoms with Gasteiger partial charge < -0.3 is 9.84 Å². The molecular formula is C10H22BO2P. The first-order chi connectivity index (χ1) is 6.31. The lowest BCUT2D eigenvalue weighted by molar-refractivity contribution is 0.0301. The maximum Gasteiger partial charge on any atom is 0.139 e. The van der Waals surface area contributed by atoms with Crippen molar-refractivity contribution in [3.8, 4) is 0 Å². The highest BCUT2D eigenvalue weighted by Gasteiger charge is 2.37. The minimum absolute atomic E-state index is 0.0426. The van der Waals surface area contributed by atoms with Gasteiger partial charge in [0.05, 0.1) is 12.2 Å². The quantitative estimate of drug-likeness (QED) is 0.548. The first-order valence-corrected chi connectivity index (χ1v) is 8.37. The standard InChI is InChI=1S/C10H22BO2P/c1-7-9(12)8(13-10(7)11)5-6-14(2,3)4/h7-10,12H,2,5-6,11H2,1,3-4H3/t7-,8?,9+,10-/m1/s1. The average Bonchev–Trinajstić information content (AvgIpc) is 2.28. The van der Waals surface area contributed by atoms with Gasteiger partial charge in [0, 0.05) is 11.9 Å². The van der Waals surface area contributed by atoms with Crippen LogP contribution in [0.5, 0.6) is 0 Å². The Morgan fingerprint density at radius 1 is 1.50 bits per heavy atom. The van der Waals surface area contributed by atoms with Gasteiger partial charge in [-0.2, -0.15) is 0 Å². The second-order valence-corrected chi connectivity index (χ2v) is 9.50. The Kier molecular flexibility index (Phi) is 3.91.